The van der Waals surface area contributed by atoms with Gasteiger partial charge in [-0.1, -0.05) is 66.7 Å². The molecule has 0 aliphatic carbocycles. The Labute approximate surface area is 315 Å². The summed E-state index contributed by atoms with van der Waals surface area (Å²) in [7, 11) is -8.07. The van der Waals surface area contributed by atoms with Crippen LogP contribution in [0.15, 0.2) is 120 Å². The van der Waals surface area contributed by atoms with E-state index in [1.54, 1.807) is 53.4 Å². The molecule has 11 nitrogen and oxygen atoms in total. The molecule has 1 fully saturated rings. The van der Waals surface area contributed by atoms with Crippen LogP contribution in [0.1, 0.15) is 22.3 Å². The van der Waals surface area contributed by atoms with Crippen LogP contribution in [0, 0.1) is 13.8 Å². The molecule has 13 heteroatoms. The molecule has 7 rings (SSSR count). The smallest absolute Gasteiger partial charge is 0.240 e. The number of pyridine rings is 2. The lowest BCUT2D eigenvalue weighted by Crippen LogP contribution is -2.55. The molecule has 1 amide bonds. The molecule has 0 radical (unpaired) electrons. The van der Waals surface area contributed by atoms with Gasteiger partial charge in [-0.15, -0.1) is 0 Å². The van der Waals surface area contributed by atoms with Crippen molar-refractivity contribution in [3.8, 4) is 5.75 Å². The van der Waals surface area contributed by atoms with Crippen LogP contribution in [-0.4, -0.2) is 80.8 Å². The van der Waals surface area contributed by atoms with Gasteiger partial charge in [0.05, 0.1) is 11.8 Å². The van der Waals surface area contributed by atoms with Crippen LogP contribution in [0.25, 0.3) is 21.5 Å². The van der Waals surface area contributed by atoms with Crippen molar-refractivity contribution >= 4 is 52.8 Å². The molecule has 1 atom stereocenters. The highest BCUT2D eigenvalue weighted by Gasteiger charge is 2.32. The van der Waals surface area contributed by atoms with Crippen LogP contribution in [0.5, 0.6) is 5.75 Å². The second-order valence-electron chi connectivity index (χ2n) is 13.6. The van der Waals surface area contributed by atoms with Crippen molar-refractivity contribution in [2.45, 2.75) is 42.1 Å². The lowest BCUT2D eigenvalue weighted by Gasteiger charge is -2.38. The third-order valence-electron chi connectivity index (χ3n) is 10.1. The number of sulfone groups is 2. The summed E-state index contributed by atoms with van der Waals surface area (Å²) in [6.07, 6.45) is 2.85. The molecule has 1 aliphatic rings. The van der Waals surface area contributed by atoms with Crippen LogP contribution < -0.4 is 10.2 Å². The molecule has 0 bridgehead atoms. The minimum absolute atomic E-state index is 0.0391. The van der Waals surface area contributed by atoms with Gasteiger partial charge in [0.25, 0.3) is 0 Å². The molecule has 1 unspecified atom stereocenters. The predicted octanol–water partition coefficient (Wildman–Crippen LogP) is 5.36. The topological polar surface area (TPSA) is 150 Å². The van der Waals surface area contributed by atoms with Gasteiger partial charge in [0.15, 0.2) is 19.9 Å². The summed E-state index contributed by atoms with van der Waals surface area (Å²) in [5.41, 5.74) is 4.22. The lowest BCUT2D eigenvalue weighted by molar-refractivity contribution is -0.133. The highest BCUT2D eigenvalue weighted by molar-refractivity contribution is 7.91. The molecule has 2 N–H and O–H groups in total. The van der Waals surface area contributed by atoms with E-state index in [4.69, 9.17) is 0 Å². The SMILES string of the molecule is Cc1cccc(N2CCN(C(=O)C(Cc3ccc(O)cc3CS(=O)(=O)c3nccc4ccccc34)NCS(=O)(=O)c3nccc4ccccc34)CC2)c1C. The van der Waals surface area contributed by atoms with E-state index in [1.807, 2.05) is 24.3 Å². The van der Waals surface area contributed by atoms with Crippen molar-refractivity contribution in [2.75, 3.05) is 37.0 Å². The molecule has 2 aromatic heterocycles. The summed E-state index contributed by atoms with van der Waals surface area (Å²) in [4.78, 5) is 26.8. The number of piperazine rings is 1. The highest BCUT2D eigenvalue weighted by Crippen LogP contribution is 2.29. The van der Waals surface area contributed by atoms with Crippen LogP contribution >= 0.6 is 0 Å². The molecular weight excluding hydrogens is 723 g/mol. The molecule has 0 saturated carbocycles. The van der Waals surface area contributed by atoms with E-state index >= 15 is 0 Å². The number of aromatic hydroxyl groups is 1. The number of anilines is 1. The van der Waals surface area contributed by atoms with E-state index in [0.717, 1.165) is 16.5 Å². The van der Waals surface area contributed by atoms with Gasteiger partial charge in [-0.3, -0.25) is 10.1 Å². The zero-order valence-corrected chi connectivity index (χ0v) is 31.6. The number of carbonyl (C=O) groups excluding carboxylic acids is 1. The Kier molecular flexibility index (Phi) is 10.4. The van der Waals surface area contributed by atoms with E-state index in [0.29, 0.717) is 42.5 Å². The number of aryl methyl sites for hydroxylation is 1. The Morgan fingerprint density at radius 3 is 2.00 bits per heavy atom. The summed E-state index contributed by atoms with van der Waals surface area (Å²) >= 11 is 0. The van der Waals surface area contributed by atoms with Gasteiger partial charge >= 0.3 is 0 Å². The number of nitrogens with zero attached hydrogens (tertiary/aromatic N) is 4. The first kappa shape index (κ1) is 37.0. The third-order valence-corrected chi connectivity index (χ3v) is 13.2. The maximum Gasteiger partial charge on any atom is 0.240 e. The largest absolute Gasteiger partial charge is 0.508 e. The summed E-state index contributed by atoms with van der Waals surface area (Å²) < 4.78 is 55.6. The van der Waals surface area contributed by atoms with Gasteiger partial charge in [0.2, 0.25) is 15.7 Å². The zero-order valence-electron chi connectivity index (χ0n) is 30.0. The maximum absolute atomic E-state index is 14.4. The number of aromatic nitrogens is 2. The molecule has 0 spiro atoms. The first-order valence-corrected chi connectivity index (χ1v) is 21.0. The quantitative estimate of drug-likeness (QED) is 0.177. The third kappa shape index (κ3) is 7.65. The average molecular weight is 764 g/mol. The second-order valence-corrected chi connectivity index (χ2v) is 17.4. The van der Waals surface area contributed by atoms with Crippen molar-refractivity contribution in [2.24, 2.45) is 0 Å². The standard InChI is InChI=1S/C41H41N5O6S2/c1-28-8-7-13-38(29(28)2)45-20-22-46(23-21-45)41(48)37(44-27-54(51,52)40-36-12-6-4-10-31(36)17-19-43-40)25-32-14-15-34(47)24-33(32)26-53(49,50)39-35-11-5-3-9-30(35)16-18-42-39/h3-19,24,37,44,47H,20-23,25-27H2,1-2H3. The van der Waals surface area contributed by atoms with E-state index in [1.165, 1.54) is 35.7 Å². The Morgan fingerprint density at radius 1 is 0.741 bits per heavy atom. The van der Waals surface area contributed by atoms with E-state index < -0.39 is 37.3 Å². The van der Waals surface area contributed by atoms with Crippen LogP contribution in [0.2, 0.25) is 0 Å². The van der Waals surface area contributed by atoms with Crippen molar-refractivity contribution in [1.29, 1.82) is 0 Å². The van der Waals surface area contributed by atoms with E-state index in [2.05, 4.69) is 46.2 Å². The Hall–Kier alpha value is -5.37. The Morgan fingerprint density at radius 2 is 1.35 bits per heavy atom. The minimum atomic E-state index is -4.04. The minimum Gasteiger partial charge on any atom is -0.508 e. The number of phenolic OH excluding ortho intramolecular Hbond substituents is 1. The van der Waals surface area contributed by atoms with Crippen molar-refractivity contribution in [1.82, 2.24) is 20.2 Å². The molecule has 54 heavy (non-hydrogen) atoms. The Bertz CT molecular complexity index is 2580. The number of rotatable bonds is 11. The number of amides is 1. The molecule has 1 saturated heterocycles. The van der Waals surface area contributed by atoms with Gasteiger partial charge in [-0.25, -0.2) is 26.8 Å². The molecule has 6 aromatic rings. The fraction of sp³-hybridized carbons (Fsp3) is 0.244. The van der Waals surface area contributed by atoms with E-state index in [-0.39, 0.29) is 33.7 Å². The summed E-state index contributed by atoms with van der Waals surface area (Å²) in [5, 5.41) is 15.7. The number of carbonyl (C=O) groups is 1. The van der Waals surface area contributed by atoms with Crippen molar-refractivity contribution in [3.05, 3.63) is 132 Å². The number of hydrogen-bond donors (Lipinski definition) is 2. The first-order chi connectivity index (χ1) is 25.9. The normalized spacial score (nSPS) is 14.4. The number of phenols is 1. The van der Waals surface area contributed by atoms with E-state index in [9.17, 15) is 26.7 Å². The van der Waals surface area contributed by atoms with Crippen LogP contribution in [0.3, 0.4) is 0 Å². The van der Waals surface area contributed by atoms with Crippen LogP contribution in [0.4, 0.5) is 5.69 Å². The molecular formula is C41H41N5O6S2. The summed E-state index contributed by atoms with van der Waals surface area (Å²) in [6, 6.07) is 27.1. The molecule has 4 aromatic carbocycles. The maximum atomic E-state index is 14.4. The first-order valence-electron chi connectivity index (χ1n) is 17.7. The number of hydrogen-bond acceptors (Lipinski definition) is 10. The van der Waals surface area contributed by atoms with Gasteiger partial charge in [-0.2, -0.15) is 0 Å². The summed E-state index contributed by atoms with van der Waals surface area (Å²) in [5.74, 6) is -1.53. The van der Waals surface area contributed by atoms with Crippen molar-refractivity contribution < 1.29 is 26.7 Å². The summed E-state index contributed by atoms with van der Waals surface area (Å²) in [6.45, 7) is 6.14. The predicted molar refractivity (Wildman–Crippen MR) is 210 cm³/mol. The van der Waals surface area contributed by atoms with Gasteiger partial charge in [0.1, 0.15) is 11.6 Å². The van der Waals surface area contributed by atoms with Gasteiger partial charge in [-0.05, 0) is 83.6 Å². The second kappa shape index (κ2) is 15.2. The average Bonchev–Trinajstić information content (AvgIpc) is 3.17. The molecule has 1 aliphatic heterocycles. The fourth-order valence-corrected chi connectivity index (χ4v) is 9.97. The lowest BCUT2D eigenvalue weighted by atomic mass is 9.99. The van der Waals surface area contributed by atoms with Gasteiger partial charge in [0, 0.05) is 55.0 Å². The number of benzene rings is 4. The molecule has 3 heterocycles. The Balaban J connectivity index is 1.19. The van der Waals surface area contributed by atoms with Crippen molar-refractivity contribution in [3.63, 3.8) is 0 Å². The highest BCUT2D eigenvalue weighted by atomic mass is 32.2. The molecule has 278 valence electrons. The fourth-order valence-electron chi connectivity index (χ4n) is 7.11. The monoisotopic (exact) mass is 763 g/mol. The zero-order chi connectivity index (χ0) is 38.0. The van der Waals surface area contributed by atoms with Crippen LogP contribution in [-0.2, 0) is 36.6 Å². The number of fused-ring (bicyclic) bond motifs is 2. The van der Waals surface area contributed by atoms with Gasteiger partial charge < -0.3 is 14.9 Å². The number of nitrogens with one attached hydrogen (secondary N) is 1.